The van der Waals surface area contributed by atoms with Gasteiger partial charge in [-0.1, -0.05) is 26.7 Å². The fourth-order valence-electron chi connectivity index (χ4n) is 3.18. The number of rotatable bonds is 10. The molecule has 0 bridgehead atoms. The highest BCUT2D eigenvalue weighted by Crippen LogP contribution is 2.27. The first-order chi connectivity index (χ1) is 13.7. The summed E-state index contributed by atoms with van der Waals surface area (Å²) in [5.74, 6) is -2.18. The quantitative estimate of drug-likeness (QED) is 0.584. The van der Waals surface area contributed by atoms with Crippen LogP contribution in [0.3, 0.4) is 0 Å². The van der Waals surface area contributed by atoms with E-state index < -0.39 is 21.8 Å². The van der Waals surface area contributed by atoms with E-state index in [4.69, 9.17) is 0 Å². The van der Waals surface area contributed by atoms with Gasteiger partial charge in [0.25, 0.3) is 0 Å². The van der Waals surface area contributed by atoms with E-state index in [1.165, 1.54) is 36.4 Å². The van der Waals surface area contributed by atoms with Crippen LogP contribution in [0, 0.1) is 0 Å². The van der Waals surface area contributed by atoms with Crippen molar-refractivity contribution in [1.29, 1.82) is 0 Å². The Bertz CT molecular complexity index is 932. The molecule has 0 aliphatic carbocycles. The summed E-state index contributed by atoms with van der Waals surface area (Å²) in [6.07, 6.45) is 4.15. The number of aryl methyl sites for hydroxylation is 2. The third-order valence-corrected chi connectivity index (χ3v) is 6.58. The number of carbonyl (C=O) groups is 2. The van der Waals surface area contributed by atoms with E-state index in [0.717, 1.165) is 25.7 Å². The van der Waals surface area contributed by atoms with Crippen LogP contribution in [0.4, 0.5) is 0 Å². The highest BCUT2D eigenvalue weighted by atomic mass is 32.2. The predicted octanol–water partition coefficient (Wildman–Crippen LogP) is 4.60. The van der Waals surface area contributed by atoms with Crippen LogP contribution in [0.1, 0.15) is 71.4 Å². The van der Waals surface area contributed by atoms with Gasteiger partial charge in [0, 0.05) is 0 Å². The summed E-state index contributed by atoms with van der Waals surface area (Å²) >= 11 is 0. The number of hydrogen-bond acceptors (Lipinski definition) is 4. The Balaban J connectivity index is 2.54. The van der Waals surface area contributed by atoms with Crippen LogP contribution in [-0.4, -0.2) is 30.6 Å². The molecule has 6 nitrogen and oxygen atoms in total. The third kappa shape index (κ3) is 5.23. The maximum atomic E-state index is 13.2. The van der Waals surface area contributed by atoms with Crippen molar-refractivity contribution >= 4 is 21.8 Å². The van der Waals surface area contributed by atoms with Crippen molar-refractivity contribution in [1.82, 2.24) is 0 Å². The number of sulfone groups is 1. The Hall–Kier alpha value is -2.67. The summed E-state index contributed by atoms with van der Waals surface area (Å²) in [5, 5.41) is 18.7. The molecular weight excluding hydrogens is 392 g/mol. The molecule has 2 aromatic rings. The second kappa shape index (κ2) is 9.69. The molecule has 2 N–H and O–H groups in total. The topological polar surface area (TPSA) is 109 Å². The molecule has 0 unspecified atom stereocenters. The zero-order valence-corrected chi connectivity index (χ0v) is 17.5. The number of benzene rings is 2. The van der Waals surface area contributed by atoms with Gasteiger partial charge in [-0.3, -0.25) is 0 Å². The maximum Gasteiger partial charge on any atom is 0.335 e. The SMILES string of the molecule is CCCCc1cc(S(=O)(=O)c2ccc(C(=O)O)c(CCCC)c2)ccc1C(=O)O. The van der Waals surface area contributed by atoms with E-state index in [9.17, 15) is 28.2 Å². The molecule has 0 aliphatic rings. The molecule has 2 aromatic carbocycles. The van der Waals surface area contributed by atoms with Crippen molar-refractivity contribution in [3.8, 4) is 0 Å². The lowest BCUT2D eigenvalue weighted by molar-refractivity contribution is 0.0684. The molecule has 0 atom stereocenters. The molecule has 0 radical (unpaired) electrons. The van der Waals surface area contributed by atoms with Gasteiger partial charge in [-0.25, -0.2) is 18.0 Å². The van der Waals surface area contributed by atoms with Crippen molar-refractivity contribution < 1.29 is 28.2 Å². The van der Waals surface area contributed by atoms with Gasteiger partial charge in [0.1, 0.15) is 0 Å². The smallest absolute Gasteiger partial charge is 0.335 e. The minimum absolute atomic E-state index is 0.0121. The summed E-state index contributed by atoms with van der Waals surface area (Å²) in [4.78, 5) is 22.9. The number of unbranched alkanes of at least 4 members (excludes halogenated alkanes) is 2. The molecule has 7 heteroatoms. The van der Waals surface area contributed by atoms with Crippen LogP contribution in [0.2, 0.25) is 0 Å². The van der Waals surface area contributed by atoms with Gasteiger partial charge >= 0.3 is 11.9 Å². The normalized spacial score (nSPS) is 11.4. The standard InChI is InChI=1S/C22H26O6S/c1-3-5-7-15-13-17(9-11-19(15)21(23)24)29(27,28)18-10-12-20(22(25)26)16(14-18)8-6-4-2/h9-14H,3-8H2,1-2H3,(H,23,24)(H,25,26). The zero-order valence-electron chi connectivity index (χ0n) is 16.6. The minimum Gasteiger partial charge on any atom is -0.478 e. The van der Waals surface area contributed by atoms with Gasteiger partial charge in [0.15, 0.2) is 0 Å². The van der Waals surface area contributed by atoms with Crippen LogP contribution in [0.5, 0.6) is 0 Å². The van der Waals surface area contributed by atoms with E-state index in [2.05, 4.69) is 0 Å². The van der Waals surface area contributed by atoms with Crippen LogP contribution in [0.25, 0.3) is 0 Å². The summed E-state index contributed by atoms with van der Waals surface area (Å²) in [7, 11) is -3.90. The molecule has 0 amide bonds. The van der Waals surface area contributed by atoms with Crippen LogP contribution in [-0.2, 0) is 22.7 Å². The highest BCUT2D eigenvalue weighted by molar-refractivity contribution is 7.91. The number of aromatic carboxylic acids is 2. The minimum atomic E-state index is -3.90. The van der Waals surface area contributed by atoms with Gasteiger partial charge in [0.05, 0.1) is 20.9 Å². The molecule has 0 spiro atoms. The van der Waals surface area contributed by atoms with E-state index in [1.807, 2.05) is 13.8 Å². The van der Waals surface area contributed by atoms with Crippen LogP contribution in [0.15, 0.2) is 46.2 Å². The summed E-state index contributed by atoms with van der Waals surface area (Å²) in [5.41, 5.74) is 1.16. The second-order valence-corrected chi connectivity index (χ2v) is 8.91. The van der Waals surface area contributed by atoms with Gasteiger partial charge in [0.2, 0.25) is 9.84 Å². The Morgan fingerprint density at radius 3 is 1.45 bits per heavy atom. The fraction of sp³-hybridized carbons (Fsp3) is 0.364. The van der Waals surface area contributed by atoms with E-state index >= 15 is 0 Å². The highest BCUT2D eigenvalue weighted by Gasteiger charge is 2.22. The molecule has 156 valence electrons. The van der Waals surface area contributed by atoms with Crippen LogP contribution < -0.4 is 0 Å². The molecular formula is C22H26O6S. The van der Waals surface area contributed by atoms with Crippen molar-refractivity contribution in [2.75, 3.05) is 0 Å². The maximum absolute atomic E-state index is 13.2. The zero-order chi connectivity index (χ0) is 21.6. The molecule has 29 heavy (non-hydrogen) atoms. The van der Waals surface area contributed by atoms with Gasteiger partial charge in [-0.05, 0) is 73.2 Å². The van der Waals surface area contributed by atoms with Crippen LogP contribution >= 0.6 is 0 Å². The summed E-state index contributed by atoms with van der Waals surface area (Å²) in [6, 6.07) is 8.08. The average molecular weight is 419 g/mol. The van der Waals surface area contributed by atoms with Gasteiger partial charge in [-0.15, -0.1) is 0 Å². The third-order valence-electron chi connectivity index (χ3n) is 4.83. The molecule has 0 aromatic heterocycles. The fourth-order valence-corrected chi connectivity index (χ4v) is 4.54. The largest absolute Gasteiger partial charge is 0.478 e. The van der Waals surface area contributed by atoms with E-state index in [-0.39, 0.29) is 20.9 Å². The molecule has 0 saturated carbocycles. The number of carboxylic acids is 2. The lowest BCUT2D eigenvalue weighted by Gasteiger charge is -2.12. The van der Waals surface area contributed by atoms with Crippen molar-refractivity contribution in [2.24, 2.45) is 0 Å². The summed E-state index contributed by atoms with van der Waals surface area (Å²) < 4.78 is 26.3. The van der Waals surface area contributed by atoms with Gasteiger partial charge in [-0.2, -0.15) is 0 Å². The average Bonchev–Trinajstić information content (AvgIpc) is 2.69. The first kappa shape index (κ1) is 22.6. The Kier molecular flexibility index (Phi) is 7.56. The summed E-state index contributed by atoms with van der Waals surface area (Å²) in [6.45, 7) is 3.95. The molecule has 0 fully saturated rings. The molecule has 2 rings (SSSR count). The Morgan fingerprint density at radius 1 is 0.759 bits per heavy atom. The molecule has 0 heterocycles. The second-order valence-electron chi connectivity index (χ2n) is 6.96. The van der Waals surface area contributed by atoms with E-state index in [0.29, 0.717) is 24.0 Å². The lowest BCUT2D eigenvalue weighted by atomic mass is 10.0. The Morgan fingerprint density at radius 2 is 1.14 bits per heavy atom. The van der Waals surface area contributed by atoms with Crippen molar-refractivity contribution in [3.05, 3.63) is 58.7 Å². The van der Waals surface area contributed by atoms with E-state index in [1.54, 1.807) is 0 Å². The number of carboxylic acid groups (broad SMARTS) is 2. The first-order valence-corrected chi connectivity index (χ1v) is 11.2. The van der Waals surface area contributed by atoms with Crippen molar-refractivity contribution in [2.45, 2.75) is 62.2 Å². The van der Waals surface area contributed by atoms with Gasteiger partial charge < -0.3 is 10.2 Å². The lowest BCUT2D eigenvalue weighted by Crippen LogP contribution is -2.09. The predicted molar refractivity (Wildman–Crippen MR) is 109 cm³/mol. The number of hydrogen-bond donors (Lipinski definition) is 2. The molecule has 0 aliphatic heterocycles. The van der Waals surface area contributed by atoms with Crippen molar-refractivity contribution in [3.63, 3.8) is 0 Å². The monoisotopic (exact) mass is 418 g/mol. The first-order valence-electron chi connectivity index (χ1n) is 9.69. The Labute approximate surface area is 171 Å². The molecule has 0 saturated heterocycles.